The van der Waals surface area contributed by atoms with Crippen LogP contribution in [0.2, 0.25) is 0 Å². The number of ether oxygens (including phenoxy) is 1. The highest BCUT2D eigenvalue weighted by molar-refractivity contribution is 5.91. The number of esters is 1. The van der Waals surface area contributed by atoms with Gasteiger partial charge >= 0.3 is 5.97 Å². The van der Waals surface area contributed by atoms with Gasteiger partial charge in [0.1, 0.15) is 6.04 Å². The zero-order valence-corrected chi connectivity index (χ0v) is 15.2. The van der Waals surface area contributed by atoms with Gasteiger partial charge in [0.2, 0.25) is 11.8 Å². The first kappa shape index (κ1) is 18.4. The maximum atomic E-state index is 13.0. The lowest BCUT2D eigenvalue weighted by Crippen LogP contribution is -2.49. The Morgan fingerprint density at radius 1 is 1.12 bits per heavy atom. The van der Waals surface area contributed by atoms with Crippen molar-refractivity contribution >= 4 is 17.8 Å². The van der Waals surface area contributed by atoms with Gasteiger partial charge in [0.15, 0.2) is 0 Å². The van der Waals surface area contributed by atoms with Crippen LogP contribution in [-0.2, 0) is 25.7 Å². The first-order valence-corrected chi connectivity index (χ1v) is 9.39. The summed E-state index contributed by atoms with van der Waals surface area (Å²) in [6, 6.07) is 9.36. The summed E-state index contributed by atoms with van der Waals surface area (Å²) >= 11 is 0. The summed E-state index contributed by atoms with van der Waals surface area (Å²) in [5.41, 5.74) is 1.03. The zero-order chi connectivity index (χ0) is 18.5. The molecule has 0 aromatic heterocycles. The molecule has 2 heterocycles. The van der Waals surface area contributed by atoms with Crippen molar-refractivity contribution in [2.45, 2.75) is 45.2 Å². The normalized spacial score (nSPS) is 21.1. The average Bonchev–Trinajstić information content (AvgIpc) is 3.03. The molecule has 2 aliphatic heterocycles. The third kappa shape index (κ3) is 4.06. The van der Waals surface area contributed by atoms with Crippen molar-refractivity contribution in [1.29, 1.82) is 0 Å². The Bertz CT molecular complexity index is 653. The van der Waals surface area contributed by atoms with Gasteiger partial charge in [-0.2, -0.15) is 0 Å². The molecule has 1 aromatic rings. The molecule has 2 saturated heterocycles. The first-order valence-electron chi connectivity index (χ1n) is 9.39. The number of hydrogen-bond donors (Lipinski definition) is 0. The predicted octanol–water partition coefficient (Wildman–Crippen LogP) is 1.98. The summed E-state index contributed by atoms with van der Waals surface area (Å²) in [5.74, 6) is -0.242. The van der Waals surface area contributed by atoms with Crippen LogP contribution in [0.3, 0.4) is 0 Å². The Morgan fingerprint density at radius 2 is 1.81 bits per heavy atom. The highest BCUT2D eigenvalue weighted by Crippen LogP contribution is 2.26. The Kier molecular flexibility index (Phi) is 5.91. The molecule has 1 atom stereocenters. The largest absolute Gasteiger partial charge is 0.466 e. The lowest BCUT2D eigenvalue weighted by atomic mass is 9.96. The van der Waals surface area contributed by atoms with E-state index in [-0.39, 0.29) is 29.7 Å². The van der Waals surface area contributed by atoms with E-state index < -0.39 is 0 Å². The van der Waals surface area contributed by atoms with Crippen LogP contribution < -0.4 is 0 Å². The average molecular weight is 358 g/mol. The van der Waals surface area contributed by atoms with Gasteiger partial charge in [-0.25, -0.2) is 0 Å². The molecular formula is C20H26N2O4. The van der Waals surface area contributed by atoms with Gasteiger partial charge in [0, 0.05) is 26.1 Å². The number of benzene rings is 1. The second-order valence-electron chi connectivity index (χ2n) is 6.91. The van der Waals surface area contributed by atoms with Gasteiger partial charge in [0.25, 0.3) is 0 Å². The number of carbonyl (C=O) groups is 3. The molecule has 6 nitrogen and oxygen atoms in total. The van der Waals surface area contributed by atoms with Crippen LogP contribution in [0.1, 0.15) is 38.2 Å². The van der Waals surface area contributed by atoms with E-state index in [9.17, 15) is 14.4 Å². The monoisotopic (exact) mass is 358 g/mol. The maximum absolute atomic E-state index is 13.0. The van der Waals surface area contributed by atoms with Crippen molar-refractivity contribution in [3.8, 4) is 0 Å². The van der Waals surface area contributed by atoms with Gasteiger partial charge in [-0.3, -0.25) is 14.4 Å². The lowest BCUT2D eigenvalue weighted by molar-refractivity contribution is -0.152. The summed E-state index contributed by atoms with van der Waals surface area (Å²) < 4.78 is 5.08. The molecule has 1 unspecified atom stereocenters. The van der Waals surface area contributed by atoms with E-state index in [2.05, 4.69) is 0 Å². The summed E-state index contributed by atoms with van der Waals surface area (Å²) in [7, 11) is 0. The minimum atomic E-state index is -0.387. The molecule has 3 rings (SSSR count). The molecule has 6 heteroatoms. The van der Waals surface area contributed by atoms with Crippen molar-refractivity contribution in [1.82, 2.24) is 9.80 Å². The number of nitrogens with zero attached hydrogens (tertiary/aromatic N) is 2. The van der Waals surface area contributed by atoms with Gasteiger partial charge in [-0.1, -0.05) is 30.3 Å². The topological polar surface area (TPSA) is 66.9 Å². The highest BCUT2D eigenvalue weighted by atomic mass is 16.5. The molecule has 26 heavy (non-hydrogen) atoms. The van der Waals surface area contributed by atoms with Crippen molar-refractivity contribution in [2.24, 2.45) is 5.92 Å². The van der Waals surface area contributed by atoms with Crippen LogP contribution in [0.5, 0.6) is 0 Å². The van der Waals surface area contributed by atoms with E-state index in [1.54, 1.807) is 16.7 Å². The predicted molar refractivity (Wildman–Crippen MR) is 96.0 cm³/mol. The standard InChI is InChI=1S/C20H26N2O4/c1-2-26-20(25)16-10-12-21(13-11-16)19(24)17-8-9-18(23)22(17)14-15-6-4-3-5-7-15/h3-7,16-17H,2,8-14H2,1H3. The minimum absolute atomic E-state index is 0.00842. The summed E-state index contributed by atoms with van der Waals surface area (Å²) in [5, 5.41) is 0. The van der Waals surface area contributed by atoms with E-state index in [1.807, 2.05) is 30.3 Å². The quantitative estimate of drug-likeness (QED) is 0.755. The second-order valence-corrected chi connectivity index (χ2v) is 6.91. The minimum Gasteiger partial charge on any atom is -0.466 e. The number of likely N-dealkylation sites (tertiary alicyclic amines) is 2. The fraction of sp³-hybridized carbons (Fsp3) is 0.550. The number of amides is 2. The number of rotatable bonds is 5. The Labute approximate surface area is 154 Å². The van der Waals surface area contributed by atoms with E-state index >= 15 is 0 Å². The Balaban J connectivity index is 1.60. The molecule has 2 fully saturated rings. The Hall–Kier alpha value is -2.37. The van der Waals surface area contributed by atoms with Crippen LogP contribution in [0.15, 0.2) is 30.3 Å². The molecule has 140 valence electrons. The van der Waals surface area contributed by atoms with Crippen molar-refractivity contribution in [2.75, 3.05) is 19.7 Å². The van der Waals surface area contributed by atoms with E-state index in [1.165, 1.54) is 0 Å². The summed E-state index contributed by atoms with van der Waals surface area (Å²) in [6.07, 6.45) is 2.25. The number of hydrogen-bond acceptors (Lipinski definition) is 4. The van der Waals surface area contributed by atoms with Gasteiger partial charge < -0.3 is 14.5 Å². The van der Waals surface area contributed by atoms with Crippen LogP contribution in [0.25, 0.3) is 0 Å². The molecule has 2 aliphatic rings. The molecule has 0 spiro atoms. The molecule has 0 N–H and O–H groups in total. The SMILES string of the molecule is CCOC(=O)C1CCN(C(=O)C2CCC(=O)N2Cc2ccccc2)CC1. The van der Waals surface area contributed by atoms with Crippen LogP contribution >= 0.6 is 0 Å². The molecule has 0 radical (unpaired) electrons. The maximum Gasteiger partial charge on any atom is 0.309 e. The van der Waals surface area contributed by atoms with Crippen LogP contribution in [0, 0.1) is 5.92 Å². The van der Waals surface area contributed by atoms with Gasteiger partial charge in [-0.15, -0.1) is 0 Å². The van der Waals surface area contributed by atoms with Crippen molar-refractivity contribution < 1.29 is 19.1 Å². The third-order valence-corrected chi connectivity index (χ3v) is 5.24. The highest BCUT2D eigenvalue weighted by Gasteiger charge is 2.39. The smallest absolute Gasteiger partial charge is 0.309 e. The third-order valence-electron chi connectivity index (χ3n) is 5.24. The van der Waals surface area contributed by atoms with Gasteiger partial charge in [0.05, 0.1) is 12.5 Å². The van der Waals surface area contributed by atoms with Crippen LogP contribution in [0.4, 0.5) is 0 Å². The van der Waals surface area contributed by atoms with Gasteiger partial charge in [-0.05, 0) is 31.7 Å². The number of carbonyl (C=O) groups excluding carboxylic acids is 3. The van der Waals surface area contributed by atoms with Crippen molar-refractivity contribution in [3.63, 3.8) is 0 Å². The zero-order valence-electron chi connectivity index (χ0n) is 15.2. The van der Waals surface area contributed by atoms with E-state index in [4.69, 9.17) is 4.74 Å². The molecule has 2 amide bonds. The fourth-order valence-electron chi connectivity index (χ4n) is 3.78. The Morgan fingerprint density at radius 3 is 2.46 bits per heavy atom. The molecule has 1 aromatic carbocycles. The lowest BCUT2D eigenvalue weighted by Gasteiger charge is -2.34. The molecular weight excluding hydrogens is 332 g/mol. The molecule has 0 bridgehead atoms. The fourth-order valence-corrected chi connectivity index (χ4v) is 3.78. The molecule has 0 aliphatic carbocycles. The summed E-state index contributed by atoms with van der Waals surface area (Å²) in [4.78, 5) is 40.6. The van der Waals surface area contributed by atoms with E-state index in [0.717, 1.165) is 5.56 Å². The van der Waals surface area contributed by atoms with Crippen LogP contribution in [-0.4, -0.2) is 53.3 Å². The first-order chi connectivity index (χ1) is 12.6. The number of piperidine rings is 1. The summed E-state index contributed by atoms with van der Waals surface area (Å²) in [6.45, 7) is 3.75. The van der Waals surface area contributed by atoms with E-state index in [0.29, 0.717) is 51.9 Å². The molecule has 0 saturated carbocycles. The second kappa shape index (κ2) is 8.34. The van der Waals surface area contributed by atoms with Crippen molar-refractivity contribution in [3.05, 3.63) is 35.9 Å².